The van der Waals surface area contributed by atoms with Crippen LogP contribution in [0.25, 0.3) is 10.9 Å². The van der Waals surface area contributed by atoms with Crippen LogP contribution in [0.3, 0.4) is 0 Å². The molecule has 3 aromatic rings. The molecule has 0 unspecified atom stereocenters. The fourth-order valence-electron chi connectivity index (χ4n) is 4.14. The maximum Gasteiger partial charge on any atom is 0.224 e. The number of aryl methyl sites for hydroxylation is 3. The Balaban J connectivity index is 1.42. The normalized spacial score (nSPS) is 14.7. The number of halogens is 1. The van der Waals surface area contributed by atoms with Gasteiger partial charge < -0.3 is 15.1 Å². The van der Waals surface area contributed by atoms with Crippen LogP contribution in [-0.4, -0.2) is 49.0 Å². The second-order valence-electron chi connectivity index (χ2n) is 8.65. The third kappa shape index (κ3) is 5.22. The molecule has 1 aliphatic heterocycles. The first-order valence-electron chi connectivity index (χ1n) is 11.3. The Bertz CT molecular complexity index is 1120. The van der Waals surface area contributed by atoms with Gasteiger partial charge in [0.2, 0.25) is 5.91 Å². The molecule has 168 valence electrons. The molecule has 4 rings (SSSR count). The van der Waals surface area contributed by atoms with E-state index in [1.54, 1.807) is 0 Å². The van der Waals surface area contributed by atoms with Gasteiger partial charge in [0.1, 0.15) is 5.82 Å². The third-order valence-corrected chi connectivity index (χ3v) is 6.61. The van der Waals surface area contributed by atoms with Crippen LogP contribution < -0.4 is 10.2 Å². The minimum Gasteiger partial charge on any atom is -0.354 e. The highest BCUT2D eigenvalue weighted by atomic mass is 35.5. The molecule has 0 bridgehead atoms. The van der Waals surface area contributed by atoms with E-state index in [2.05, 4.69) is 48.1 Å². The number of piperazine rings is 1. The Labute approximate surface area is 195 Å². The molecule has 1 N–H and O–H groups in total. The van der Waals surface area contributed by atoms with E-state index in [0.717, 1.165) is 65.6 Å². The van der Waals surface area contributed by atoms with Gasteiger partial charge in [-0.15, -0.1) is 0 Å². The zero-order valence-corrected chi connectivity index (χ0v) is 19.9. The highest BCUT2D eigenvalue weighted by Gasteiger charge is 2.16. The van der Waals surface area contributed by atoms with Gasteiger partial charge in [0.15, 0.2) is 0 Å². The number of hydrogen-bond donors (Lipinski definition) is 1. The van der Waals surface area contributed by atoms with E-state index in [4.69, 9.17) is 16.6 Å². The van der Waals surface area contributed by atoms with E-state index < -0.39 is 0 Å². The lowest BCUT2D eigenvalue weighted by Gasteiger charge is -2.33. The number of benzene rings is 2. The number of anilines is 2. The lowest BCUT2D eigenvalue weighted by atomic mass is 10.1. The molecule has 1 amide bonds. The van der Waals surface area contributed by atoms with E-state index in [-0.39, 0.29) is 5.91 Å². The predicted octanol–water partition coefficient (Wildman–Crippen LogP) is 5.08. The van der Waals surface area contributed by atoms with Gasteiger partial charge >= 0.3 is 0 Å². The minimum absolute atomic E-state index is 0.0142. The number of rotatable bonds is 6. The number of hydrogen-bond acceptors (Lipinski definition) is 4. The van der Waals surface area contributed by atoms with Crippen LogP contribution in [0.2, 0.25) is 5.02 Å². The van der Waals surface area contributed by atoms with Crippen LogP contribution in [0, 0.1) is 6.92 Å². The van der Waals surface area contributed by atoms with Crippen LogP contribution in [0.5, 0.6) is 0 Å². The van der Waals surface area contributed by atoms with Crippen molar-refractivity contribution in [3.63, 3.8) is 0 Å². The van der Waals surface area contributed by atoms with Gasteiger partial charge in [0.25, 0.3) is 0 Å². The van der Waals surface area contributed by atoms with Crippen LogP contribution in [0.15, 0.2) is 42.5 Å². The molecule has 1 fully saturated rings. The highest BCUT2D eigenvalue weighted by Crippen LogP contribution is 2.26. The smallest absolute Gasteiger partial charge is 0.224 e. The Morgan fingerprint density at radius 3 is 2.59 bits per heavy atom. The van der Waals surface area contributed by atoms with Crippen molar-refractivity contribution < 1.29 is 4.79 Å². The number of nitrogens with zero attached hydrogens (tertiary/aromatic N) is 3. The van der Waals surface area contributed by atoms with E-state index >= 15 is 0 Å². The monoisotopic (exact) mass is 450 g/mol. The maximum atomic E-state index is 12.5. The van der Waals surface area contributed by atoms with Crippen molar-refractivity contribution in [2.75, 3.05) is 43.4 Å². The van der Waals surface area contributed by atoms with Gasteiger partial charge in [-0.05, 0) is 73.8 Å². The zero-order chi connectivity index (χ0) is 22.7. The zero-order valence-electron chi connectivity index (χ0n) is 19.1. The summed E-state index contributed by atoms with van der Waals surface area (Å²) in [6, 6.07) is 14.2. The number of carbonyl (C=O) groups excluding carboxylic acids is 1. The van der Waals surface area contributed by atoms with E-state index in [9.17, 15) is 4.79 Å². The van der Waals surface area contributed by atoms with Crippen LogP contribution in [0.1, 0.15) is 30.0 Å². The van der Waals surface area contributed by atoms with Crippen molar-refractivity contribution >= 4 is 39.9 Å². The van der Waals surface area contributed by atoms with Gasteiger partial charge in [0, 0.05) is 48.7 Å². The van der Waals surface area contributed by atoms with Crippen LogP contribution in [0.4, 0.5) is 11.5 Å². The summed E-state index contributed by atoms with van der Waals surface area (Å²) < 4.78 is 0. The van der Waals surface area contributed by atoms with E-state index in [0.29, 0.717) is 12.8 Å². The van der Waals surface area contributed by atoms with Crippen molar-refractivity contribution in [2.24, 2.45) is 0 Å². The largest absolute Gasteiger partial charge is 0.354 e. The molecule has 1 aromatic heterocycles. The number of likely N-dealkylation sites (N-methyl/N-ethyl adjacent to an activating group) is 1. The first-order valence-corrected chi connectivity index (χ1v) is 11.7. The van der Waals surface area contributed by atoms with Gasteiger partial charge in [-0.2, -0.15) is 0 Å². The molecule has 1 saturated heterocycles. The van der Waals surface area contributed by atoms with Crippen LogP contribution in [-0.2, 0) is 17.6 Å². The van der Waals surface area contributed by atoms with Crippen molar-refractivity contribution in [3.8, 4) is 0 Å². The molecule has 5 nitrogen and oxygen atoms in total. The number of fused-ring (bicyclic) bond motifs is 1. The molecule has 6 heteroatoms. The molecular formula is C26H31ClN4O. The fraction of sp³-hybridized carbons (Fsp3) is 0.385. The molecule has 32 heavy (non-hydrogen) atoms. The quantitative estimate of drug-likeness (QED) is 0.568. The van der Waals surface area contributed by atoms with E-state index in [1.165, 1.54) is 11.1 Å². The van der Waals surface area contributed by atoms with Crippen molar-refractivity contribution in [1.29, 1.82) is 0 Å². The summed E-state index contributed by atoms with van der Waals surface area (Å²) in [6.07, 6.45) is 1.97. The number of aromatic nitrogens is 1. The summed E-state index contributed by atoms with van der Waals surface area (Å²) in [4.78, 5) is 22.1. The number of pyridine rings is 1. The molecule has 0 saturated carbocycles. The maximum absolute atomic E-state index is 12.5. The second-order valence-corrected chi connectivity index (χ2v) is 9.05. The molecule has 2 aromatic carbocycles. The highest BCUT2D eigenvalue weighted by molar-refractivity contribution is 6.31. The van der Waals surface area contributed by atoms with Crippen molar-refractivity contribution in [3.05, 3.63) is 64.2 Å². The van der Waals surface area contributed by atoms with Gasteiger partial charge in [0.05, 0.1) is 5.52 Å². The fourth-order valence-corrected chi connectivity index (χ4v) is 4.43. The van der Waals surface area contributed by atoms with Gasteiger partial charge in [-0.3, -0.25) is 4.79 Å². The minimum atomic E-state index is -0.0142. The predicted molar refractivity (Wildman–Crippen MR) is 134 cm³/mol. The lowest BCUT2D eigenvalue weighted by Crippen LogP contribution is -2.44. The van der Waals surface area contributed by atoms with Gasteiger partial charge in [-0.25, -0.2) is 4.98 Å². The Morgan fingerprint density at radius 2 is 1.88 bits per heavy atom. The van der Waals surface area contributed by atoms with Crippen molar-refractivity contribution in [1.82, 2.24) is 9.88 Å². The molecule has 0 atom stereocenters. The lowest BCUT2D eigenvalue weighted by molar-refractivity contribution is -0.116. The Morgan fingerprint density at radius 1 is 1.09 bits per heavy atom. The van der Waals surface area contributed by atoms with Crippen LogP contribution >= 0.6 is 11.6 Å². The molecule has 0 spiro atoms. The third-order valence-electron chi connectivity index (χ3n) is 6.26. The SMILES string of the molecule is CCc1ccc(CCC(=O)Nc2ccc3nc(N4CCN(C)CC4)cc(C)c3c2)c(Cl)c1. The molecule has 0 aliphatic carbocycles. The number of nitrogens with one attached hydrogen (secondary N) is 1. The molecule has 0 radical (unpaired) electrons. The summed E-state index contributed by atoms with van der Waals surface area (Å²) in [5, 5.41) is 4.84. The van der Waals surface area contributed by atoms with E-state index in [1.807, 2.05) is 30.3 Å². The average Bonchev–Trinajstić information content (AvgIpc) is 2.79. The Hall–Kier alpha value is -2.63. The summed E-state index contributed by atoms with van der Waals surface area (Å²) in [5.74, 6) is 1.02. The summed E-state index contributed by atoms with van der Waals surface area (Å²) in [5.41, 5.74) is 5.14. The number of carbonyl (C=O) groups is 1. The Kier molecular flexibility index (Phi) is 6.97. The topological polar surface area (TPSA) is 48.5 Å². The average molecular weight is 451 g/mol. The van der Waals surface area contributed by atoms with Gasteiger partial charge in [-0.1, -0.05) is 30.7 Å². The first-order chi connectivity index (χ1) is 15.4. The first kappa shape index (κ1) is 22.6. The summed E-state index contributed by atoms with van der Waals surface area (Å²) >= 11 is 6.37. The molecular weight excluding hydrogens is 420 g/mol. The standard InChI is InChI=1S/C26H31ClN4O/c1-4-19-5-6-20(23(27)16-19)7-10-26(32)28-21-8-9-24-22(17-21)18(2)15-25(29-24)31-13-11-30(3)12-14-31/h5-6,8-9,15-17H,4,7,10-14H2,1-3H3,(H,28,32). The number of amides is 1. The van der Waals surface area contributed by atoms with Crippen molar-refractivity contribution in [2.45, 2.75) is 33.1 Å². The molecule has 2 heterocycles. The summed E-state index contributed by atoms with van der Waals surface area (Å²) in [6.45, 7) is 8.31. The second kappa shape index (κ2) is 9.88. The summed E-state index contributed by atoms with van der Waals surface area (Å²) in [7, 11) is 2.16. The molecule has 1 aliphatic rings.